The molecular weight excluding hydrogens is 256 g/mol. The Balaban J connectivity index is 1.88. The molecule has 3 rings (SSSR count). The van der Waals surface area contributed by atoms with E-state index in [0.717, 1.165) is 17.1 Å². The average Bonchev–Trinajstić information content (AvgIpc) is 2.93. The van der Waals surface area contributed by atoms with Gasteiger partial charge in [-0.15, -0.1) is 0 Å². The Morgan fingerprint density at radius 1 is 1.35 bits per heavy atom. The number of hydrogen-bond acceptors (Lipinski definition) is 6. The van der Waals surface area contributed by atoms with Crippen LogP contribution in [0, 0.1) is 6.92 Å². The number of hydrogen-bond donors (Lipinski definition) is 1. The lowest BCUT2D eigenvalue weighted by molar-refractivity contribution is 0.393. The quantitative estimate of drug-likeness (QED) is 0.773. The maximum atomic E-state index is 5.23. The molecule has 0 aliphatic carbocycles. The fraction of sp³-hybridized carbons (Fsp3) is 0.231. The number of anilines is 1. The number of fused-ring (bicyclic) bond motifs is 1. The van der Waals surface area contributed by atoms with Gasteiger partial charge in [0.15, 0.2) is 0 Å². The molecule has 20 heavy (non-hydrogen) atoms. The fourth-order valence-corrected chi connectivity index (χ4v) is 1.98. The molecule has 0 saturated carbocycles. The van der Waals surface area contributed by atoms with E-state index in [1.807, 2.05) is 25.1 Å². The first-order valence-electron chi connectivity index (χ1n) is 6.17. The van der Waals surface area contributed by atoms with Crippen LogP contribution in [0.3, 0.4) is 0 Å². The monoisotopic (exact) mass is 270 g/mol. The Morgan fingerprint density at radius 2 is 2.25 bits per heavy atom. The van der Waals surface area contributed by atoms with Crippen LogP contribution < -0.4 is 10.1 Å². The number of pyridine rings is 1. The van der Waals surface area contributed by atoms with Gasteiger partial charge in [-0.05, 0) is 13.0 Å². The highest BCUT2D eigenvalue weighted by Crippen LogP contribution is 2.16. The minimum atomic E-state index is 0.575. The summed E-state index contributed by atoms with van der Waals surface area (Å²) in [4.78, 5) is 12.6. The molecule has 0 radical (unpaired) electrons. The molecule has 3 aromatic heterocycles. The first-order chi connectivity index (χ1) is 9.78. The van der Waals surface area contributed by atoms with Gasteiger partial charge >= 0.3 is 0 Å². The number of aryl methyl sites for hydroxylation is 1. The molecule has 0 bridgehead atoms. The van der Waals surface area contributed by atoms with Crippen molar-refractivity contribution in [1.29, 1.82) is 0 Å². The molecule has 0 spiro atoms. The molecule has 0 fully saturated rings. The zero-order chi connectivity index (χ0) is 13.9. The van der Waals surface area contributed by atoms with Crippen LogP contribution in [0.25, 0.3) is 5.78 Å². The molecule has 7 heteroatoms. The molecule has 3 aromatic rings. The van der Waals surface area contributed by atoms with Crippen LogP contribution in [0.1, 0.15) is 11.3 Å². The van der Waals surface area contributed by atoms with Crippen molar-refractivity contribution >= 4 is 11.6 Å². The third kappa shape index (κ3) is 2.25. The first-order valence-corrected chi connectivity index (χ1v) is 6.17. The van der Waals surface area contributed by atoms with Crippen molar-refractivity contribution in [3.05, 3.63) is 42.0 Å². The van der Waals surface area contributed by atoms with Crippen molar-refractivity contribution < 1.29 is 4.74 Å². The van der Waals surface area contributed by atoms with Crippen molar-refractivity contribution in [1.82, 2.24) is 24.6 Å². The van der Waals surface area contributed by atoms with E-state index in [1.54, 1.807) is 17.8 Å². The predicted octanol–water partition coefficient (Wildman–Crippen LogP) is 1.45. The van der Waals surface area contributed by atoms with E-state index in [9.17, 15) is 0 Å². The molecule has 3 heterocycles. The van der Waals surface area contributed by atoms with Crippen LogP contribution in [-0.2, 0) is 6.54 Å². The van der Waals surface area contributed by atoms with E-state index >= 15 is 0 Å². The summed E-state index contributed by atoms with van der Waals surface area (Å²) in [5.41, 5.74) is 1.85. The van der Waals surface area contributed by atoms with Gasteiger partial charge in [0.1, 0.15) is 12.1 Å². The Hall–Kier alpha value is -2.70. The van der Waals surface area contributed by atoms with Crippen molar-refractivity contribution in [2.75, 3.05) is 12.4 Å². The zero-order valence-corrected chi connectivity index (χ0v) is 11.2. The van der Waals surface area contributed by atoms with Gasteiger partial charge in [-0.25, -0.2) is 9.97 Å². The normalized spacial score (nSPS) is 10.7. The third-order valence-corrected chi connectivity index (χ3v) is 2.88. The molecule has 0 unspecified atom stereocenters. The molecule has 102 valence electrons. The lowest BCUT2D eigenvalue weighted by atomic mass is 10.2. The predicted molar refractivity (Wildman–Crippen MR) is 73.6 cm³/mol. The lowest BCUT2D eigenvalue weighted by Crippen LogP contribution is -2.08. The second kappa shape index (κ2) is 5.12. The average molecular weight is 270 g/mol. The number of methoxy groups -OCH3 is 1. The summed E-state index contributed by atoms with van der Waals surface area (Å²) in [5, 5.41) is 7.45. The van der Waals surface area contributed by atoms with Gasteiger partial charge in [0, 0.05) is 30.1 Å². The Labute approximate surface area is 115 Å². The number of nitrogens with zero attached hydrogens (tertiary/aromatic N) is 5. The molecule has 0 amide bonds. The highest BCUT2D eigenvalue weighted by molar-refractivity contribution is 5.45. The van der Waals surface area contributed by atoms with Crippen molar-refractivity contribution in [2.24, 2.45) is 0 Å². The molecule has 7 nitrogen and oxygen atoms in total. The summed E-state index contributed by atoms with van der Waals surface area (Å²) >= 11 is 0. The number of nitrogens with one attached hydrogen (secondary N) is 1. The molecule has 0 aliphatic rings. The maximum Gasteiger partial charge on any atom is 0.254 e. The molecule has 0 atom stereocenters. The van der Waals surface area contributed by atoms with E-state index in [0.29, 0.717) is 18.2 Å². The fourth-order valence-electron chi connectivity index (χ4n) is 1.98. The van der Waals surface area contributed by atoms with E-state index in [-0.39, 0.29) is 0 Å². The van der Waals surface area contributed by atoms with Crippen LogP contribution in [0.2, 0.25) is 0 Å². The van der Waals surface area contributed by atoms with Crippen LogP contribution >= 0.6 is 0 Å². The van der Waals surface area contributed by atoms with Gasteiger partial charge in [-0.2, -0.15) is 14.6 Å². The zero-order valence-electron chi connectivity index (χ0n) is 11.2. The Morgan fingerprint density at radius 3 is 3.10 bits per heavy atom. The maximum absolute atomic E-state index is 5.23. The molecular formula is C13H14N6O. The SMILES string of the molecule is COc1ncccc1CNc1cc(C)nc2ncnn12. The van der Waals surface area contributed by atoms with E-state index < -0.39 is 0 Å². The van der Waals surface area contributed by atoms with Gasteiger partial charge in [-0.1, -0.05) is 6.07 Å². The van der Waals surface area contributed by atoms with Crippen molar-refractivity contribution in [3.63, 3.8) is 0 Å². The minimum Gasteiger partial charge on any atom is -0.481 e. The summed E-state index contributed by atoms with van der Waals surface area (Å²) in [6.45, 7) is 2.50. The number of ether oxygens (including phenoxy) is 1. The van der Waals surface area contributed by atoms with Gasteiger partial charge in [-0.3, -0.25) is 0 Å². The summed E-state index contributed by atoms with van der Waals surface area (Å²) in [5.74, 6) is 2.02. The van der Waals surface area contributed by atoms with Crippen LogP contribution in [0.5, 0.6) is 5.88 Å². The topological polar surface area (TPSA) is 77.2 Å². The van der Waals surface area contributed by atoms with E-state index in [1.165, 1.54) is 6.33 Å². The highest BCUT2D eigenvalue weighted by Gasteiger charge is 2.07. The van der Waals surface area contributed by atoms with Crippen LogP contribution in [0.15, 0.2) is 30.7 Å². The second-order valence-corrected chi connectivity index (χ2v) is 4.28. The minimum absolute atomic E-state index is 0.575. The van der Waals surface area contributed by atoms with Gasteiger partial charge in [0.2, 0.25) is 5.88 Å². The van der Waals surface area contributed by atoms with Crippen molar-refractivity contribution in [3.8, 4) is 5.88 Å². The Kier molecular flexibility index (Phi) is 3.16. The summed E-state index contributed by atoms with van der Waals surface area (Å²) in [7, 11) is 1.61. The lowest BCUT2D eigenvalue weighted by Gasteiger charge is -2.10. The van der Waals surface area contributed by atoms with Gasteiger partial charge < -0.3 is 10.1 Å². The Bertz CT molecular complexity index is 739. The molecule has 0 aliphatic heterocycles. The van der Waals surface area contributed by atoms with Crippen molar-refractivity contribution in [2.45, 2.75) is 13.5 Å². The molecule has 1 N–H and O–H groups in total. The number of aromatic nitrogens is 5. The molecule has 0 aromatic carbocycles. The van der Waals surface area contributed by atoms with Crippen LogP contribution in [0.4, 0.5) is 5.82 Å². The molecule has 0 saturated heterocycles. The summed E-state index contributed by atoms with van der Waals surface area (Å²) < 4.78 is 6.89. The van der Waals surface area contributed by atoms with E-state index in [2.05, 4.69) is 25.4 Å². The largest absolute Gasteiger partial charge is 0.481 e. The van der Waals surface area contributed by atoms with Gasteiger partial charge in [0.25, 0.3) is 5.78 Å². The second-order valence-electron chi connectivity index (χ2n) is 4.28. The third-order valence-electron chi connectivity index (χ3n) is 2.88. The standard InChI is InChI=1S/C13H14N6O/c1-9-6-11(19-13(18-9)16-8-17-19)15-7-10-4-3-5-14-12(10)20-2/h3-6,8,15H,7H2,1-2H3. The summed E-state index contributed by atoms with van der Waals surface area (Å²) in [6.07, 6.45) is 3.19. The van der Waals surface area contributed by atoms with E-state index in [4.69, 9.17) is 4.74 Å². The van der Waals surface area contributed by atoms with Crippen LogP contribution in [-0.4, -0.2) is 31.7 Å². The first kappa shape index (κ1) is 12.3. The number of rotatable bonds is 4. The smallest absolute Gasteiger partial charge is 0.254 e. The highest BCUT2D eigenvalue weighted by atomic mass is 16.5. The van der Waals surface area contributed by atoms with Gasteiger partial charge in [0.05, 0.1) is 7.11 Å². The summed E-state index contributed by atoms with van der Waals surface area (Å²) in [6, 6.07) is 5.76.